The number of fused-ring (bicyclic) bond motifs is 1. The highest BCUT2D eigenvalue weighted by molar-refractivity contribution is 8.14. The second kappa shape index (κ2) is 14.4. The van der Waals surface area contributed by atoms with Crippen molar-refractivity contribution in [3.63, 3.8) is 0 Å². The molecule has 0 N–H and O–H groups in total. The third kappa shape index (κ3) is 8.29. The number of methoxy groups -OCH3 is 2. The molecule has 0 aromatic heterocycles. The van der Waals surface area contributed by atoms with Gasteiger partial charge in [-0.1, -0.05) is 36.0 Å². The third-order valence-corrected chi connectivity index (χ3v) is 9.04. The zero-order valence-electron chi connectivity index (χ0n) is 26.8. The molecule has 0 spiro atoms. The lowest BCUT2D eigenvalue weighted by Gasteiger charge is -2.43. The van der Waals surface area contributed by atoms with E-state index in [4.69, 9.17) is 33.4 Å². The number of ether oxygens (including phenoxy) is 6. The van der Waals surface area contributed by atoms with Crippen molar-refractivity contribution in [2.45, 2.75) is 82.2 Å². The highest BCUT2D eigenvalue weighted by Crippen LogP contribution is 2.41. The number of nitrogens with zero attached hydrogens (tertiary/aromatic N) is 3. The number of benzene rings is 2. The number of likely N-dealkylation sites (tertiary alicyclic amines) is 1. The number of aliphatic imine (C=N–C) groups is 1. The van der Waals surface area contributed by atoms with E-state index in [0.717, 1.165) is 29.0 Å². The van der Waals surface area contributed by atoms with Crippen molar-refractivity contribution in [1.82, 2.24) is 9.80 Å². The second-order valence-electron chi connectivity index (χ2n) is 12.3. The number of hydrogen-bond acceptors (Lipinski definition) is 10. The Kier molecular flexibility index (Phi) is 10.6. The lowest BCUT2D eigenvalue weighted by molar-refractivity contribution is -0.201. The number of carbonyl (C=O) groups is 2. The molecule has 3 aliphatic rings. The Labute approximate surface area is 269 Å². The van der Waals surface area contributed by atoms with Crippen molar-refractivity contribution >= 4 is 28.9 Å². The summed E-state index contributed by atoms with van der Waals surface area (Å²) < 4.78 is 36.2. The van der Waals surface area contributed by atoms with E-state index < -0.39 is 41.5 Å². The minimum absolute atomic E-state index is 0.103. The molecule has 5 rings (SSSR count). The van der Waals surface area contributed by atoms with Gasteiger partial charge in [0.1, 0.15) is 46.9 Å². The molecule has 3 aliphatic heterocycles. The van der Waals surface area contributed by atoms with Crippen LogP contribution in [0.1, 0.15) is 44.7 Å². The quantitative estimate of drug-likeness (QED) is 0.360. The molecule has 2 saturated heterocycles. The van der Waals surface area contributed by atoms with Gasteiger partial charge in [-0.2, -0.15) is 0 Å². The summed E-state index contributed by atoms with van der Waals surface area (Å²) >= 11 is 1.35. The van der Waals surface area contributed by atoms with Crippen LogP contribution < -0.4 is 9.47 Å². The fourth-order valence-electron chi connectivity index (χ4n) is 5.44. The van der Waals surface area contributed by atoms with Crippen LogP contribution in [0.15, 0.2) is 53.5 Å². The second-order valence-corrected chi connectivity index (χ2v) is 13.4. The maximum absolute atomic E-state index is 12.9. The molecular weight excluding hydrogens is 598 g/mol. The average molecular weight is 642 g/mol. The highest BCUT2D eigenvalue weighted by atomic mass is 32.2. The van der Waals surface area contributed by atoms with Gasteiger partial charge < -0.3 is 33.3 Å². The smallest absolute Gasteiger partial charge is 0.416 e. The van der Waals surface area contributed by atoms with Gasteiger partial charge in [0.2, 0.25) is 5.91 Å². The fraction of sp³-hybridized carbons (Fsp3) is 0.545. The van der Waals surface area contributed by atoms with Gasteiger partial charge in [0.25, 0.3) is 0 Å². The van der Waals surface area contributed by atoms with Crippen LogP contribution in [0.3, 0.4) is 0 Å². The molecule has 244 valence electrons. The van der Waals surface area contributed by atoms with E-state index in [9.17, 15) is 9.59 Å². The number of amides is 2. The van der Waals surface area contributed by atoms with E-state index in [1.807, 2.05) is 74.2 Å². The predicted molar refractivity (Wildman–Crippen MR) is 170 cm³/mol. The van der Waals surface area contributed by atoms with Crippen LogP contribution in [-0.4, -0.2) is 96.7 Å². The van der Waals surface area contributed by atoms with E-state index in [1.165, 1.54) is 16.7 Å². The minimum atomic E-state index is -0.657. The lowest BCUT2D eigenvalue weighted by Crippen LogP contribution is -2.59. The summed E-state index contributed by atoms with van der Waals surface area (Å²) in [6, 6.07) is 14.9. The van der Waals surface area contributed by atoms with E-state index in [1.54, 1.807) is 21.3 Å². The Hall–Kier alpha value is -3.32. The van der Waals surface area contributed by atoms with Crippen LogP contribution in [-0.2, 0) is 37.0 Å². The molecule has 0 bridgehead atoms. The first-order chi connectivity index (χ1) is 21.5. The molecule has 2 aromatic rings. The van der Waals surface area contributed by atoms with Gasteiger partial charge in [-0.05, 0) is 62.6 Å². The highest BCUT2D eigenvalue weighted by Gasteiger charge is 2.52. The van der Waals surface area contributed by atoms with E-state index in [-0.39, 0.29) is 5.91 Å². The molecule has 3 heterocycles. The first kappa shape index (κ1) is 33.1. The largest absolute Gasteiger partial charge is 0.497 e. The number of carbonyl (C=O) groups excluding carboxylic acids is 2. The van der Waals surface area contributed by atoms with Crippen LogP contribution in [0.25, 0.3) is 0 Å². The van der Waals surface area contributed by atoms with Crippen LogP contribution >= 0.6 is 11.8 Å². The Morgan fingerprint density at radius 3 is 2.07 bits per heavy atom. The summed E-state index contributed by atoms with van der Waals surface area (Å²) in [5.41, 5.74) is 0.808. The van der Waals surface area contributed by atoms with Gasteiger partial charge in [-0.3, -0.25) is 14.7 Å². The molecule has 12 heteroatoms. The van der Waals surface area contributed by atoms with Crippen molar-refractivity contribution in [1.29, 1.82) is 0 Å². The topological polar surface area (TPSA) is 108 Å². The molecule has 11 nitrogen and oxygen atoms in total. The lowest BCUT2D eigenvalue weighted by atomic mass is 9.96. The van der Waals surface area contributed by atoms with Crippen molar-refractivity contribution in [2.75, 3.05) is 34.4 Å². The van der Waals surface area contributed by atoms with Crippen LogP contribution in [0.5, 0.6) is 11.5 Å². The van der Waals surface area contributed by atoms with E-state index in [0.29, 0.717) is 37.9 Å². The van der Waals surface area contributed by atoms with Gasteiger partial charge in [-0.15, -0.1) is 0 Å². The number of rotatable bonds is 10. The Morgan fingerprint density at radius 2 is 1.56 bits per heavy atom. The zero-order valence-corrected chi connectivity index (χ0v) is 27.6. The summed E-state index contributed by atoms with van der Waals surface area (Å²) in [7, 11) is 4.90. The van der Waals surface area contributed by atoms with Crippen LogP contribution in [0.2, 0.25) is 0 Å². The van der Waals surface area contributed by atoms with Crippen molar-refractivity contribution in [2.24, 2.45) is 4.99 Å². The monoisotopic (exact) mass is 641 g/mol. The summed E-state index contributed by atoms with van der Waals surface area (Å²) in [5.74, 6) is 1.62. The van der Waals surface area contributed by atoms with E-state index in [2.05, 4.69) is 0 Å². The standard InChI is InChI=1S/C33H43N3O8S/c1-33(2,3)44-32(38)35(4)31-34-27-29(42-20-22-11-15-24(40-6)16-12-22)28(41-19-21-9-13-23(39-5)14-10-21)25(43-30(27)45-31)18-36-17-7-8-26(36)37/h9-16,25,27-30H,7-8,17-20H2,1-6H3/t25-,27-,28-,29-,30-/m1/s1. The van der Waals surface area contributed by atoms with Gasteiger partial charge in [0, 0.05) is 26.6 Å². The summed E-state index contributed by atoms with van der Waals surface area (Å²) in [5, 5.41) is 0.476. The van der Waals surface area contributed by atoms with Crippen molar-refractivity contribution in [3.05, 3.63) is 59.7 Å². The van der Waals surface area contributed by atoms with Crippen LogP contribution in [0.4, 0.5) is 4.79 Å². The predicted octanol–water partition coefficient (Wildman–Crippen LogP) is 4.86. The van der Waals surface area contributed by atoms with Crippen molar-refractivity contribution in [3.8, 4) is 11.5 Å². The number of hydrogen-bond donors (Lipinski definition) is 0. The van der Waals surface area contributed by atoms with Crippen LogP contribution in [0, 0.1) is 0 Å². The minimum Gasteiger partial charge on any atom is -0.497 e. The average Bonchev–Trinajstić information content (AvgIpc) is 3.64. The SMILES string of the molecule is COc1ccc(CO[C@@H]2[C@H]3N=C(N(C)C(=O)OC(C)(C)C)S[C@H]3O[C@H](CN3CCCC3=O)[C@H]2OCc2ccc(OC)cc2)cc1. The molecule has 5 atom stereocenters. The molecule has 2 fully saturated rings. The molecular formula is C33H43N3O8S. The maximum Gasteiger partial charge on any atom is 0.416 e. The first-order valence-electron chi connectivity index (χ1n) is 15.2. The molecule has 0 aliphatic carbocycles. The van der Waals surface area contributed by atoms with Crippen molar-refractivity contribution < 1.29 is 38.0 Å². The summed E-state index contributed by atoms with van der Waals surface area (Å²) in [4.78, 5) is 33.8. The van der Waals surface area contributed by atoms with Gasteiger partial charge in [0.05, 0.1) is 27.4 Å². The van der Waals surface area contributed by atoms with Gasteiger partial charge in [0.15, 0.2) is 5.17 Å². The zero-order chi connectivity index (χ0) is 32.1. The maximum atomic E-state index is 12.9. The Bertz CT molecular complexity index is 1350. The van der Waals surface area contributed by atoms with Gasteiger partial charge in [-0.25, -0.2) is 4.79 Å². The summed E-state index contributed by atoms with van der Waals surface area (Å²) in [6.45, 7) is 7.10. The Morgan fingerprint density at radius 1 is 0.978 bits per heavy atom. The number of thioether (sulfide) groups is 1. The number of amidine groups is 1. The molecule has 2 aromatic carbocycles. The van der Waals surface area contributed by atoms with Gasteiger partial charge >= 0.3 is 6.09 Å². The third-order valence-electron chi connectivity index (χ3n) is 7.82. The summed E-state index contributed by atoms with van der Waals surface area (Å²) in [6.07, 6.45) is -0.749. The molecule has 0 radical (unpaired) electrons. The molecule has 45 heavy (non-hydrogen) atoms. The fourth-order valence-corrected chi connectivity index (χ4v) is 6.62. The normalized spacial score (nSPS) is 24.7. The Balaban J connectivity index is 1.43. The molecule has 0 saturated carbocycles. The first-order valence-corrected chi connectivity index (χ1v) is 16.1. The van der Waals surface area contributed by atoms with E-state index >= 15 is 0 Å². The molecule has 2 amide bonds. The molecule has 0 unspecified atom stereocenters.